The molecule has 2 aromatic rings. The summed E-state index contributed by atoms with van der Waals surface area (Å²) in [6.07, 6.45) is 4.84. The number of amides is 2. The van der Waals surface area contributed by atoms with E-state index in [1.54, 1.807) is 33.2 Å². The van der Waals surface area contributed by atoms with Gasteiger partial charge in [-0.15, -0.1) is 0 Å². The summed E-state index contributed by atoms with van der Waals surface area (Å²) in [6, 6.07) is 4.73. The van der Waals surface area contributed by atoms with E-state index in [2.05, 4.69) is 25.8 Å². The number of fused-ring (bicyclic) bond motifs is 1. The van der Waals surface area contributed by atoms with Crippen LogP contribution in [0.1, 0.15) is 46.6 Å². The predicted molar refractivity (Wildman–Crippen MR) is 108 cm³/mol. The van der Waals surface area contributed by atoms with Gasteiger partial charge in [-0.05, 0) is 44.4 Å². The number of ether oxygens (including phenoxy) is 1. The van der Waals surface area contributed by atoms with Crippen LogP contribution in [0, 0.1) is 5.92 Å². The van der Waals surface area contributed by atoms with Gasteiger partial charge in [-0.2, -0.15) is 5.10 Å². The summed E-state index contributed by atoms with van der Waals surface area (Å²) >= 11 is 0. The van der Waals surface area contributed by atoms with Crippen molar-refractivity contribution >= 4 is 29.2 Å². The SMILES string of the molecule is CCC(C)[C@H](NC(=O)OC(C)(C)C)C(=O)NN=Cc1ccc2nccnc2c1. The maximum Gasteiger partial charge on any atom is 0.408 e. The lowest BCUT2D eigenvalue weighted by atomic mass is 9.99. The average Bonchev–Trinajstić information content (AvgIpc) is 2.64. The Kier molecular flexibility index (Phi) is 7.03. The summed E-state index contributed by atoms with van der Waals surface area (Å²) in [7, 11) is 0. The van der Waals surface area contributed by atoms with Crippen LogP contribution in [0.4, 0.5) is 4.79 Å². The molecular formula is C20H27N5O3. The Morgan fingerprint density at radius 3 is 2.54 bits per heavy atom. The smallest absolute Gasteiger partial charge is 0.408 e. The van der Waals surface area contributed by atoms with Crippen molar-refractivity contribution in [3.63, 3.8) is 0 Å². The standard InChI is InChI=1S/C20H27N5O3/c1-6-13(2)17(24-19(27)28-20(3,4)5)18(26)25-23-12-14-7-8-15-16(11-14)22-10-9-21-15/h7-13,17H,6H2,1-5H3,(H,24,27)(H,25,26)/t13?,17-/m0/s1. The Bertz CT molecular complexity index is 860. The molecule has 28 heavy (non-hydrogen) atoms. The van der Waals surface area contributed by atoms with Crippen molar-refractivity contribution in [2.75, 3.05) is 0 Å². The van der Waals surface area contributed by atoms with Gasteiger partial charge in [0, 0.05) is 12.4 Å². The summed E-state index contributed by atoms with van der Waals surface area (Å²) in [5, 5.41) is 6.63. The Morgan fingerprint density at radius 2 is 1.89 bits per heavy atom. The average molecular weight is 385 g/mol. The van der Waals surface area contributed by atoms with Crippen LogP contribution in [0.25, 0.3) is 11.0 Å². The topological polar surface area (TPSA) is 106 Å². The number of hydrazone groups is 1. The molecule has 8 nitrogen and oxygen atoms in total. The summed E-state index contributed by atoms with van der Waals surface area (Å²) in [4.78, 5) is 33.0. The number of alkyl carbamates (subject to hydrolysis) is 1. The highest BCUT2D eigenvalue weighted by Crippen LogP contribution is 2.12. The first-order valence-electron chi connectivity index (χ1n) is 9.23. The van der Waals surface area contributed by atoms with Crippen molar-refractivity contribution < 1.29 is 14.3 Å². The molecule has 0 aliphatic heterocycles. The summed E-state index contributed by atoms with van der Waals surface area (Å²) in [6.45, 7) is 9.13. The Morgan fingerprint density at radius 1 is 1.21 bits per heavy atom. The van der Waals surface area contributed by atoms with Gasteiger partial charge in [0.05, 0.1) is 17.2 Å². The van der Waals surface area contributed by atoms with Crippen LogP contribution in [-0.4, -0.2) is 39.8 Å². The zero-order chi connectivity index (χ0) is 20.7. The van der Waals surface area contributed by atoms with Gasteiger partial charge in [-0.1, -0.05) is 26.3 Å². The highest BCUT2D eigenvalue weighted by Gasteiger charge is 2.28. The molecule has 0 fully saturated rings. The second-order valence-corrected chi connectivity index (χ2v) is 7.55. The molecule has 2 N–H and O–H groups in total. The second kappa shape index (κ2) is 9.25. The molecule has 0 aliphatic carbocycles. The highest BCUT2D eigenvalue weighted by atomic mass is 16.6. The zero-order valence-electron chi connectivity index (χ0n) is 16.9. The summed E-state index contributed by atoms with van der Waals surface area (Å²) < 4.78 is 5.25. The number of hydrogen-bond acceptors (Lipinski definition) is 6. The molecule has 2 rings (SSSR count). The number of hydrogen-bond donors (Lipinski definition) is 2. The molecule has 2 amide bonds. The van der Waals surface area contributed by atoms with Crippen LogP contribution in [0.2, 0.25) is 0 Å². The van der Waals surface area contributed by atoms with Crippen LogP contribution in [0.3, 0.4) is 0 Å². The molecule has 1 aromatic carbocycles. The molecular weight excluding hydrogens is 358 g/mol. The Labute approximate surface area is 164 Å². The minimum absolute atomic E-state index is 0.0846. The molecule has 0 aliphatic rings. The maximum absolute atomic E-state index is 12.5. The first kappa shape index (κ1) is 21.3. The Balaban J connectivity index is 2.03. The molecule has 1 unspecified atom stereocenters. The van der Waals surface area contributed by atoms with Gasteiger partial charge in [0.2, 0.25) is 0 Å². The number of carbonyl (C=O) groups excluding carboxylic acids is 2. The Hall–Kier alpha value is -3.03. The van der Waals surface area contributed by atoms with E-state index in [-0.39, 0.29) is 5.92 Å². The van der Waals surface area contributed by atoms with E-state index in [9.17, 15) is 9.59 Å². The summed E-state index contributed by atoms with van der Waals surface area (Å²) in [5.41, 5.74) is 4.14. The minimum Gasteiger partial charge on any atom is -0.444 e. The third kappa shape index (κ3) is 6.29. The molecule has 2 atom stereocenters. The molecule has 0 saturated heterocycles. The molecule has 0 spiro atoms. The van der Waals surface area contributed by atoms with Crippen molar-refractivity contribution in [2.24, 2.45) is 11.0 Å². The fourth-order valence-corrected chi connectivity index (χ4v) is 2.44. The van der Waals surface area contributed by atoms with E-state index >= 15 is 0 Å². The van der Waals surface area contributed by atoms with E-state index in [1.165, 1.54) is 6.21 Å². The largest absolute Gasteiger partial charge is 0.444 e. The van der Waals surface area contributed by atoms with Crippen LogP contribution in [0.5, 0.6) is 0 Å². The number of aromatic nitrogens is 2. The van der Waals surface area contributed by atoms with Crippen molar-refractivity contribution in [2.45, 2.75) is 52.7 Å². The van der Waals surface area contributed by atoms with Gasteiger partial charge in [0.15, 0.2) is 0 Å². The van der Waals surface area contributed by atoms with Crippen molar-refractivity contribution in [3.05, 3.63) is 36.2 Å². The molecule has 150 valence electrons. The fourth-order valence-electron chi connectivity index (χ4n) is 2.44. The van der Waals surface area contributed by atoms with Crippen molar-refractivity contribution in [1.29, 1.82) is 0 Å². The van der Waals surface area contributed by atoms with Gasteiger partial charge >= 0.3 is 6.09 Å². The van der Waals surface area contributed by atoms with Gasteiger partial charge in [0.25, 0.3) is 5.91 Å². The molecule has 1 aromatic heterocycles. The number of nitrogens with zero attached hydrogens (tertiary/aromatic N) is 3. The van der Waals surface area contributed by atoms with E-state index in [0.717, 1.165) is 16.6 Å². The maximum atomic E-state index is 12.5. The molecule has 0 radical (unpaired) electrons. The van der Waals surface area contributed by atoms with E-state index in [0.29, 0.717) is 6.42 Å². The quantitative estimate of drug-likeness (QED) is 0.587. The van der Waals surface area contributed by atoms with Crippen LogP contribution in [0.15, 0.2) is 35.7 Å². The minimum atomic E-state index is -0.750. The molecule has 8 heteroatoms. The lowest BCUT2D eigenvalue weighted by molar-refractivity contribution is -0.124. The monoisotopic (exact) mass is 385 g/mol. The number of carbonyl (C=O) groups is 2. The van der Waals surface area contributed by atoms with Crippen molar-refractivity contribution in [3.8, 4) is 0 Å². The van der Waals surface area contributed by atoms with Gasteiger partial charge < -0.3 is 10.1 Å². The lowest BCUT2D eigenvalue weighted by Crippen LogP contribution is -2.50. The predicted octanol–water partition coefficient (Wildman–Crippen LogP) is 3.02. The van der Waals surface area contributed by atoms with Gasteiger partial charge in [-0.3, -0.25) is 14.8 Å². The molecule has 0 bridgehead atoms. The second-order valence-electron chi connectivity index (χ2n) is 7.55. The lowest BCUT2D eigenvalue weighted by Gasteiger charge is -2.25. The third-order valence-electron chi connectivity index (χ3n) is 4.05. The number of rotatable bonds is 6. The highest BCUT2D eigenvalue weighted by molar-refractivity contribution is 5.89. The third-order valence-corrected chi connectivity index (χ3v) is 4.05. The summed E-state index contributed by atoms with van der Waals surface area (Å²) in [5.74, 6) is -0.490. The number of nitrogens with one attached hydrogen (secondary N) is 2. The number of benzene rings is 1. The van der Waals surface area contributed by atoms with Crippen molar-refractivity contribution in [1.82, 2.24) is 20.7 Å². The molecule has 0 saturated carbocycles. The fraction of sp³-hybridized carbons (Fsp3) is 0.450. The molecule has 1 heterocycles. The van der Waals surface area contributed by atoms with Crippen LogP contribution < -0.4 is 10.7 Å². The first-order valence-corrected chi connectivity index (χ1v) is 9.23. The first-order chi connectivity index (χ1) is 13.2. The van der Waals surface area contributed by atoms with Gasteiger partial charge in [-0.25, -0.2) is 10.2 Å². The van der Waals surface area contributed by atoms with E-state index in [4.69, 9.17) is 4.74 Å². The van der Waals surface area contributed by atoms with E-state index in [1.807, 2.05) is 32.0 Å². The zero-order valence-corrected chi connectivity index (χ0v) is 16.9. The normalized spacial score (nSPS) is 13.9. The van der Waals surface area contributed by atoms with E-state index < -0.39 is 23.6 Å². The van der Waals surface area contributed by atoms with Gasteiger partial charge in [0.1, 0.15) is 11.6 Å². The van der Waals surface area contributed by atoms with Crippen LogP contribution >= 0.6 is 0 Å². The van der Waals surface area contributed by atoms with Crippen LogP contribution in [-0.2, 0) is 9.53 Å².